The Bertz CT molecular complexity index is 597. The molecule has 4 nitrogen and oxygen atoms in total. The molecule has 2 N–H and O–H groups in total. The molecule has 0 atom stereocenters. The topological polar surface area (TPSA) is 66.0 Å². The summed E-state index contributed by atoms with van der Waals surface area (Å²) in [7, 11) is 0. The number of imidazole rings is 1. The van der Waals surface area contributed by atoms with E-state index in [1.165, 1.54) is 25.7 Å². The van der Waals surface area contributed by atoms with Gasteiger partial charge in [0.05, 0.1) is 11.1 Å². The zero-order valence-electron chi connectivity index (χ0n) is 10.9. The molecule has 1 aliphatic carbocycles. The number of benzene rings is 1. The Morgan fingerprint density at radius 2 is 2.16 bits per heavy atom. The SMILES string of the molecule is O=C(O)c1cccc2[nH]c(CCC3CCCC3)nc12. The molecule has 1 aromatic heterocycles. The van der Waals surface area contributed by atoms with Crippen LogP contribution < -0.4 is 0 Å². The van der Waals surface area contributed by atoms with Gasteiger partial charge in [0.2, 0.25) is 0 Å². The minimum Gasteiger partial charge on any atom is -0.478 e. The lowest BCUT2D eigenvalue weighted by Crippen LogP contribution is -1.98. The van der Waals surface area contributed by atoms with Gasteiger partial charge in [0.1, 0.15) is 11.3 Å². The second-order valence-electron chi connectivity index (χ2n) is 5.38. The van der Waals surface area contributed by atoms with Gasteiger partial charge in [-0.3, -0.25) is 0 Å². The molecular formula is C15H18N2O2. The molecule has 0 aliphatic heterocycles. The van der Waals surface area contributed by atoms with Crippen LogP contribution in [0.5, 0.6) is 0 Å². The smallest absolute Gasteiger partial charge is 0.337 e. The number of aromatic nitrogens is 2. The molecule has 1 heterocycles. The van der Waals surface area contributed by atoms with E-state index in [0.717, 1.165) is 30.1 Å². The first kappa shape index (κ1) is 12.2. The maximum Gasteiger partial charge on any atom is 0.337 e. The number of nitrogens with zero attached hydrogens (tertiary/aromatic N) is 1. The average Bonchev–Trinajstić information content (AvgIpc) is 3.04. The molecule has 0 saturated heterocycles. The van der Waals surface area contributed by atoms with Crippen molar-refractivity contribution in [3.8, 4) is 0 Å². The fourth-order valence-electron chi connectivity index (χ4n) is 3.01. The third-order valence-corrected chi connectivity index (χ3v) is 4.06. The predicted octanol–water partition coefficient (Wildman–Crippen LogP) is 3.38. The van der Waals surface area contributed by atoms with Gasteiger partial charge < -0.3 is 10.1 Å². The lowest BCUT2D eigenvalue weighted by molar-refractivity contribution is 0.0699. The van der Waals surface area contributed by atoms with Crippen molar-refractivity contribution >= 4 is 17.0 Å². The maximum atomic E-state index is 11.1. The Labute approximate surface area is 111 Å². The molecule has 1 aromatic carbocycles. The molecule has 0 radical (unpaired) electrons. The van der Waals surface area contributed by atoms with Gasteiger partial charge in [-0.05, 0) is 24.5 Å². The summed E-state index contributed by atoms with van der Waals surface area (Å²) in [6, 6.07) is 5.24. The molecule has 0 bridgehead atoms. The number of hydrogen-bond acceptors (Lipinski definition) is 2. The Morgan fingerprint density at radius 1 is 1.37 bits per heavy atom. The third-order valence-electron chi connectivity index (χ3n) is 4.06. The largest absolute Gasteiger partial charge is 0.478 e. The van der Waals surface area contributed by atoms with E-state index >= 15 is 0 Å². The van der Waals surface area contributed by atoms with Crippen molar-refractivity contribution in [1.82, 2.24) is 9.97 Å². The maximum absolute atomic E-state index is 11.1. The minimum atomic E-state index is -0.917. The van der Waals surface area contributed by atoms with Crippen molar-refractivity contribution in [2.45, 2.75) is 38.5 Å². The van der Waals surface area contributed by atoms with Crippen molar-refractivity contribution in [2.75, 3.05) is 0 Å². The molecule has 3 rings (SSSR count). The molecular weight excluding hydrogens is 240 g/mol. The monoisotopic (exact) mass is 258 g/mol. The first-order valence-electron chi connectivity index (χ1n) is 6.95. The summed E-state index contributed by atoms with van der Waals surface area (Å²) in [5, 5.41) is 9.14. The molecule has 2 aromatic rings. The van der Waals surface area contributed by atoms with Crippen molar-refractivity contribution in [3.05, 3.63) is 29.6 Å². The minimum absolute atomic E-state index is 0.279. The van der Waals surface area contributed by atoms with E-state index in [1.54, 1.807) is 12.1 Å². The van der Waals surface area contributed by atoms with Crippen LogP contribution in [0, 0.1) is 5.92 Å². The lowest BCUT2D eigenvalue weighted by atomic mass is 10.0. The van der Waals surface area contributed by atoms with Crippen LogP contribution in [0.4, 0.5) is 0 Å². The van der Waals surface area contributed by atoms with Gasteiger partial charge in [-0.1, -0.05) is 31.7 Å². The summed E-state index contributed by atoms with van der Waals surface area (Å²) in [6.07, 6.45) is 7.45. The van der Waals surface area contributed by atoms with Crippen LogP contribution in [0.25, 0.3) is 11.0 Å². The zero-order valence-corrected chi connectivity index (χ0v) is 10.9. The quantitative estimate of drug-likeness (QED) is 0.883. The molecule has 1 fully saturated rings. The van der Waals surface area contributed by atoms with Crippen LogP contribution in [0.1, 0.15) is 48.3 Å². The summed E-state index contributed by atoms with van der Waals surface area (Å²) >= 11 is 0. The van der Waals surface area contributed by atoms with Crippen LogP contribution in [0.3, 0.4) is 0 Å². The number of aromatic carboxylic acids is 1. The highest BCUT2D eigenvalue weighted by Crippen LogP contribution is 2.28. The fourth-order valence-corrected chi connectivity index (χ4v) is 3.01. The Kier molecular flexibility index (Phi) is 3.23. The third kappa shape index (κ3) is 2.48. The summed E-state index contributed by atoms with van der Waals surface area (Å²) < 4.78 is 0. The van der Waals surface area contributed by atoms with Gasteiger partial charge in [-0.25, -0.2) is 9.78 Å². The van der Waals surface area contributed by atoms with Gasteiger partial charge in [-0.15, -0.1) is 0 Å². The number of aromatic amines is 1. The van der Waals surface area contributed by atoms with E-state index in [2.05, 4.69) is 9.97 Å². The normalized spacial score (nSPS) is 16.2. The summed E-state index contributed by atoms with van der Waals surface area (Å²) in [5.74, 6) is 0.821. The number of para-hydroxylation sites is 1. The number of rotatable bonds is 4. The number of hydrogen-bond donors (Lipinski definition) is 2. The van der Waals surface area contributed by atoms with Crippen LogP contribution in [-0.4, -0.2) is 21.0 Å². The molecule has 1 saturated carbocycles. The van der Waals surface area contributed by atoms with E-state index in [4.69, 9.17) is 5.11 Å². The summed E-state index contributed by atoms with van der Waals surface area (Å²) in [6.45, 7) is 0. The Hall–Kier alpha value is -1.84. The number of carboxylic acids is 1. The number of carboxylic acid groups (broad SMARTS) is 1. The highest BCUT2D eigenvalue weighted by atomic mass is 16.4. The predicted molar refractivity (Wildman–Crippen MR) is 73.3 cm³/mol. The number of aryl methyl sites for hydroxylation is 1. The first-order chi connectivity index (χ1) is 9.24. The highest BCUT2D eigenvalue weighted by Gasteiger charge is 2.16. The van der Waals surface area contributed by atoms with Crippen molar-refractivity contribution in [1.29, 1.82) is 0 Å². The zero-order chi connectivity index (χ0) is 13.2. The van der Waals surface area contributed by atoms with E-state index in [0.29, 0.717) is 5.52 Å². The van der Waals surface area contributed by atoms with Crippen molar-refractivity contribution in [3.63, 3.8) is 0 Å². The fraction of sp³-hybridized carbons (Fsp3) is 0.467. The van der Waals surface area contributed by atoms with Gasteiger partial charge >= 0.3 is 5.97 Å². The molecule has 0 spiro atoms. The van der Waals surface area contributed by atoms with Crippen LogP contribution in [0.15, 0.2) is 18.2 Å². The van der Waals surface area contributed by atoms with Gasteiger partial charge in [0.25, 0.3) is 0 Å². The van der Waals surface area contributed by atoms with E-state index in [-0.39, 0.29) is 5.56 Å². The van der Waals surface area contributed by atoms with Crippen LogP contribution in [-0.2, 0) is 6.42 Å². The van der Waals surface area contributed by atoms with Crippen molar-refractivity contribution < 1.29 is 9.90 Å². The molecule has 19 heavy (non-hydrogen) atoms. The molecule has 4 heteroatoms. The molecule has 0 unspecified atom stereocenters. The summed E-state index contributed by atoms with van der Waals surface area (Å²) in [5.41, 5.74) is 1.68. The number of H-pyrrole nitrogens is 1. The Balaban J connectivity index is 1.80. The number of fused-ring (bicyclic) bond motifs is 1. The molecule has 1 aliphatic rings. The van der Waals surface area contributed by atoms with Gasteiger partial charge in [0, 0.05) is 6.42 Å². The van der Waals surface area contributed by atoms with Crippen LogP contribution >= 0.6 is 0 Å². The lowest BCUT2D eigenvalue weighted by Gasteiger charge is -2.05. The second kappa shape index (κ2) is 5.03. The summed E-state index contributed by atoms with van der Waals surface area (Å²) in [4.78, 5) is 18.8. The van der Waals surface area contributed by atoms with E-state index in [1.807, 2.05) is 6.07 Å². The van der Waals surface area contributed by atoms with E-state index < -0.39 is 5.97 Å². The number of nitrogens with one attached hydrogen (secondary N) is 1. The van der Waals surface area contributed by atoms with Crippen molar-refractivity contribution in [2.24, 2.45) is 5.92 Å². The Morgan fingerprint density at radius 3 is 2.89 bits per heavy atom. The molecule has 0 amide bonds. The van der Waals surface area contributed by atoms with Gasteiger partial charge in [-0.2, -0.15) is 0 Å². The first-order valence-corrected chi connectivity index (χ1v) is 6.95. The standard InChI is InChI=1S/C15H18N2O2/c18-15(19)11-6-3-7-12-14(11)17-13(16-12)9-8-10-4-1-2-5-10/h3,6-7,10H,1-2,4-5,8-9H2,(H,16,17)(H,18,19). The van der Waals surface area contributed by atoms with E-state index in [9.17, 15) is 4.79 Å². The molecule has 100 valence electrons. The highest BCUT2D eigenvalue weighted by molar-refractivity contribution is 6.00. The second-order valence-corrected chi connectivity index (χ2v) is 5.38. The average molecular weight is 258 g/mol. The number of carbonyl (C=O) groups is 1. The van der Waals surface area contributed by atoms with Gasteiger partial charge in [0.15, 0.2) is 0 Å². The van der Waals surface area contributed by atoms with Crippen LogP contribution in [0.2, 0.25) is 0 Å².